The molecule has 1 unspecified atom stereocenters. The zero-order valence-corrected chi connectivity index (χ0v) is 21.3. The molecular formula is C26H26ClNO4S2. The lowest BCUT2D eigenvalue weighted by Gasteiger charge is -2.41. The summed E-state index contributed by atoms with van der Waals surface area (Å²) in [6.45, 7) is 0. The molecule has 1 N–H and O–H groups in total. The van der Waals surface area contributed by atoms with Crippen molar-refractivity contribution in [2.75, 3.05) is 7.11 Å². The third-order valence-corrected chi connectivity index (χ3v) is 9.32. The van der Waals surface area contributed by atoms with Gasteiger partial charge in [-0.25, -0.2) is 9.78 Å². The Morgan fingerprint density at radius 1 is 1.26 bits per heavy atom. The molecule has 0 bridgehead atoms. The van der Waals surface area contributed by atoms with E-state index in [-0.39, 0.29) is 16.6 Å². The minimum absolute atomic E-state index is 0.111. The highest BCUT2D eigenvalue weighted by Crippen LogP contribution is 2.48. The number of benzene rings is 2. The molecular weight excluding hydrogens is 490 g/mol. The van der Waals surface area contributed by atoms with Gasteiger partial charge in [-0.3, -0.25) is 0 Å². The number of ether oxygens (including phenoxy) is 2. The van der Waals surface area contributed by atoms with Gasteiger partial charge in [0.2, 0.25) is 0 Å². The number of rotatable bonds is 7. The second-order valence-corrected chi connectivity index (χ2v) is 11.6. The molecule has 178 valence electrons. The quantitative estimate of drug-likeness (QED) is 0.332. The van der Waals surface area contributed by atoms with E-state index < -0.39 is 11.6 Å². The Balaban J connectivity index is 1.39. The first-order valence-corrected chi connectivity index (χ1v) is 13.5. The van der Waals surface area contributed by atoms with Crippen LogP contribution in [0.25, 0.3) is 10.2 Å². The van der Waals surface area contributed by atoms with Gasteiger partial charge in [0.25, 0.3) is 0 Å². The van der Waals surface area contributed by atoms with Crippen LogP contribution in [-0.4, -0.2) is 28.8 Å². The van der Waals surface area contributed by atoms with Gasteiger partial charge in [0.15, 0.2) is 4.34 Å². The van der Waals surface area contributed by atoms with Gasteiger partial charge in [-0.2, -0.15) is 0 Å². The van der Waals surface area contributed by atoms with Gasteiger partial charge in [-0.05, 0) is 73.2 Å². The van der Waals surface area contributed by atoms with Gasteiger partial charge in [-0.15, -0.1) is 11.3 Å². The van der Waals surface area contributed by atoms with Crippen molar-refractivity contribution in [2.45, 2.75) is 54.9 Å². The summed E-state index contributed by atoms with van der Waals surface area (Å²) in [6, 6.07) is 13.6. The molecule has 1 saturated carbocycles. The van der Waals surface area contributed by atoms with E-state index in [0.29, 0.717) is 30.0 Å². The molecule has 5 nitrogen and oxygen atoms in total. The number of carbonyl (C=O) groups is 1. The zero-order chi connectivity index (χ0) is 23.7. The van der Waals surface area contributed by atoms with Gasteiger partial charge < -0.3 is 14.6 Å². The standard InChI is InChI=1S/C26H26ClNO4S2/c1-31-21-11-10-16(14-18(21)27)12-13-26(17-6-2-3-7-17)15-20(29)23(24(30)32-26)34-25-28-19-8-4-5-9-22(19)33-25/h4-5,8-11,14,17,29H,2-3,6-7,12-13,15H2,1H3. The highest BCUT2D eigenvalue weighted by Gasteiger charge is 2.48. The molecule has 1 aromatic heterocycles. The van der Waals surface area contributed by atoms with Crippen molar-refractivity contribution in [1.82, 2.24) is 4.98 Å². The molecule has 1 atom stereocenters. The first kappa shape index (κ1) is 23.5. The average Bonchev–Trinajstić information content (AvgIpc) is 3.50. The lowest BCUT2D eigenvalue weighted by Crippen LogP contribution is -2.45. The van der Waals surface area contributed by atoms with E-state index in [1.54, 1.807) is 7.11 Å². The topological polar surface area (TPSA) is 68.7 Å². The second-order valence-electron chi connectivity index (χ2n) is 8.91. The molecule has 1 aliphatic carbocycles. The molecule has 0 saturated heterocycles. The van der Waals surface area contributed by atoms with Gasteiger partial charge in [0.05, 0.1) is 22.3 Å². The maximum Gasteiger partial charge on any atom is 0.349 e. The number of hydrogen-bond donors (Lipinski definition) is 1. The molecule has 8 heteroatoms. The largest absolute Gasteiger partial charge is 0.511 e. The molecule has 1 fully saturated rings. The summed E-state index contributed by atoms with van der Waals surface area (Å²) >= 11 is 9.03. The summed E-state index contributed by atoms with van der Waals surface area (Å²) in [5, 5.41) is 11.6. The number of para-hydroxylation sites is 1. The number of methoxy groups -OCH3 is 1. The monoisotopic (exact) mass is 515 g/mol. The molecule has 2 heterocycles. The summed E-state index contributed by atoms with van der Waals surface area (Å²) in [5.41, 5.74) is 1.23. The Kier molecular flexibility index (Phi) is 6.78. The fraction of sp³-hybridized carbons (Fsp3) is 0.385. The number of aromatic nitrogens is 1. The third kappa shape index (κ3) is 4.66. The number of thioether (sulfide) groups is 1. The predicted molar refractivity (Wildman–Crippen MR) is 137 cm³/mol. The molecule has 3 aromatic rings. The zero-order valence-electron chi connectivity index (χ0n) is 18.9. The highest BCUT2D eigenvalue weighted by molar-refractivity contribution is 8.05. The van der Waals surface area contributed by atoms with E-state index >= 15 is 0 Å². The number of esters is 1. The van der Waals surface area contributed by atoms with Crippen LogP contribution in [0.3, 0.4) is 0 Å². The van der Waals surface area contributed by atoms with Crippen LogP contribution in [0, 0.1) is 5.92 Å². The summed E-state index contributed by atoms with van der Waals surface area (Å²) in [5.74, 6) is 0.534. The van der Waals surface area contributed by atoms with Crippen LogP contribution in [0.5, 0.6) is 5.75 Å². The Hall–Kier alpha value is -2.22. The maximum absolute atomic E-state index is 13.2. The number of halogens is 1. The van der Waals surface area contributed by atoms with E-state index in [4.69, 9.17) is 21.1 Å². The molecule has 1 aliphatic heterocycles. The fourth-order valence-corrected chi connectivity index (χ4v) is 7.37. The van der Waals surface area contributed by atoms with Crippen LogP contribution in [-0.2, 0) is 16.0 Å². The molecule has 2 aliphatic rings. The van der Waals surface area contributed by atoms with Crippen LogP contribution in [0.1, 0.15) is 44.1 Å². The van der Waals surface area contributed by atoms with Crippen LogP contribution < -0.4 is 4.74 Å². The predicted octanol–water partition coefficient (Wildman–Crippen LogP) is 7.33. The molecule has 5 rings (SSSR count). The Labute approximate surface area is 212 Å². The van der Waals surface area contributed by atoms with Crippen LogP contribution in [0.15, 0.2) is 57.5 Å². The fourth-order valence-electron chi connectivity index (χ4n) is 5.08. The SMILES string of the molecule is COc1ccc(CCC2(C3CCCC3)CC(O)=C(Sc3nc4ccccc4s3)C(=O)O2)cc1Cl. The van der Waals surface area contributed by atoms with Gasteiger partial charge >= 0.3 is 5.97 Å². The van der Waals surface area contributed by atoms with Gasteiger partial charge in [0, 0.05) is 6.42 Å². The summed E-state index contributed by atoms with van der Waals surface area (Å²) in [7, 11) is 1.59. The van der Waals surface area contributed by atoms with Crippen molar-refractivity contribution in [1.29, 1.82) is 0 Å². The number of hydrogen-bond acceptors (Lipinski definition) is 7. The third-order valence-electron chi connectivity index (χ3n) is 6.83. The number of nitrogens with zero attached hydrogens (tertiary/aromatic N) is 1. The van der Waals surface area contributed by atoms with Crippen molar-refractivity contribution >= 4 is 50.9 Å². The highest BCUT2D eigenvalue weighted by atomic mass is 35.5. The Morgan fingerprint density at radius 3 is 2.76 bits per heavy atom. The first-order chi connectivity index (χ1) is 16.5. The smallest absolute Gasteiger partial charge is 0.349 e. The summed E-state index contributed by atoms with van der Waals surface area (Å²) in [4.78, 5) is 18.1. The molecule has 34 heavy (non-hydrogen) atoms. The number of aryl methyl sites for hydroxylation is 1. The van der Waals surface area contributed by atoms with Crippen molar-refractivity contribution in [3.8, 4) is 5.75 Å². The lowest BCUT2D eigenvalue weighted by molar-refractivity contribution is -0.166. The first-order valence-electron chi connectivity index (χ1n) is 11.5. The minimum Gasteiger partial charge on any atom is -0.511 e. The number of cyclic esters (lactones) is 1. The van der Waals surface area contributed by atoms with E-state index in [9.17, 15) is 9.90 Å². The molecule has 0 amide bonds. The summed E-state index contributed by atoms with van der Waals surface area (Å²) in [6.07, 6.45) is 5.91. The normalized spacial score (nSPS) is 21.3. The molecule has 0 radical (unpaired) electrons. The Bertz CT molecular complexity index is 1220. The molecule has 2 aromatic carbocycles. The van der Waals surface area contributed by atoms with Gasteiger partial charge in [-0.1, -0.05) is 42.6 Å². The average molecular weight is 516 g/mol. The number of aliphatic hydroxyl groups excluding tert-OH is 1. The number of aliphatic hydroxyl groups is 1. The van der Waals surface area contributed by atoms with Crippen molar-refractivity contribution in [3.63, 3.8) is 0 Å². The second kappa shape index (κ2) is 9.80. The summed E-state index contributed by atoms with van der Waals surface area (Å²) < 4.78 is 13.3. The van der Waals surface area contributed by atoms with Crippen molar-refractivity contribution in [2.24, 2.45) is 5.92 Å². The van der Waals surface area contributed by atoms with Crippen molar-refractivity contribution in [3.05, 3.63) is 63.7 Å². The molecule has 0 spiro atoms. The van der Waals surface area contributed by atoms with Crippen molar-refractivity contribution < 1.29 is 19.4 Å². The Morgan fingerprint density at radius 2 is 2.06 bits per heavy atom. The van der Waals surface area contributed by atoms with E-state index in [1.807, 2.05) is 42.5 Å². The number of thiazole rings is 1. The minimum atomic E-state index is -0.707. The number of fused-ring (bicyclic) bond motifs is 1. The number of carbonyl (C=O) groups excluding carboxylic acids is 1. The van der Waals surface area contributed by atoms with E-state index in [0.717, 1.165) is 45.8 Å². The maximum atomic E-state index is 13.2. The van der Waals surface area contributed by atoms with Crippen LogP contribution in [0.4, 0.5) is 0 Å². The van der Waals surface area contributed by atoms with Crippen LogP contribution in [0.2, 0.25) is 5.02 Å². The van der Waals surface area contributed by atoms with Gasteiger partial charge in [0.1, 0.15) is 22.0 Å². The van der Waals surface area contributed by atoms with E-state index in [2.05, 4.69) is 4.98 Å². The van der Waals surface area contributed by atoms with E-state index in [1.165, 1.54) is 23.1 Å². The lowest BCUT2D eigenvalue weighted by atomic mass is 9.77. The van der Waals surface area contributed by atoms with Crippen LogP contribution >= 0.6 is 34.7 Å².